The first-order valence-corrected chi connectivity index (χ1v) is 10.9. The van der Waals surface area contributed by atoms with Gasteiger partial charge < -0.3 is 9.30 Å². The van der Waals surface area contributed by atoms with Crippen LogP contribution < -0.4 is 4.80 Å². The van der Waals surface area contributed by atoms with Crippen LogP contribution in [-0.4, -0.2) is 23.1 Å². The number of hydrogen-bond donors (Lipinski definition) is 0. The third-order valence-electron chi connectivity index (χ3n) is 5.85. The Kier molecular flexibility index (Phi) is 5.97. The predicted molar refractivity (Wildman–Crippen MR) is 108 cm³/mol. The van der Waals surface area contributed by atoms with Crippen LogP contribution in [0.5, 0.6) is 0 Å². The zero-order chi connectivity index (χ0) is 19.5. The van der Waals surface area contributed by atoms with Gasteiger partial charge >= 0.3 is 5.97 Å². The first kappa shape index (κ1) is 19.4. The maximum atomic E-state index is 12.2. The van der Waals surface area contributed by atoms with Crippen molar-refractivity contribution in [1.82, 2.24) is 4.57 Å². The summed E-state index contributed by atoms with van der Waals surface area (Å²) in [4.78, 5) is 28.9. The van der Waals surface area contributed by atoms with Crippen molar-refractivity contribution in [2.45, 2.75) is 38.6 Å². The van der Waals surface area contributed by atoms with E-state index in [-0.39, 0.29) is 12.6 Å². The van der Waals surface area contributed by atoms with Crippen molar-refractivity contribution in [2.24, 2.45) is 22.7 Å². The monoisotopic (exact) mass is 418 g/mol. The second kappa shape index (κ2) is 8.62. The fourth-order valence-electron chi connectivity index (χ4n) is 4.50. The third kappa shape index (κ3) is 4.55. The van der Waals surface area contributed by atoms with Crippen molar-refractivity contribution in [3.63, 3.8) is 0 Å². The number of amides is 1. The normalized spacial score (nSPS) is 23.9. The second-order valence-corrected chi connectivity index (χ2v) is 8.99. The first-order chi connectivity index (χ1) is 13.6. The Morgan fingerprint density at radius 2 is 2.11 bits per heavy atom. The van der Waals surface area contributed by atoms with E-state index in [9.17, 15) is 9.59 Å². The molecule has 0 saturated heterocycles. The topological polar surface area (TPSA) is 60.7 Å². The summed E-state index contributed by atoms with van der Waals surface area (Å²) in [5, 5.41) is 2.54. The molecule has 148 valence electrons. The number of nitrogens with zero attached hydrogens (tertiary/aromatic N) is 2. The van der Waals surface area contributed by atoms with Crippen molar-refractivity contribution in [3.05, 3.63) is 51.2 Å². The van der Waals surface area contributed by atoms with E-state index < -0.39 is 5.91 Å². The number of aromatic nitrogens is 1. The van der Waals surface area contributed by atoms with Crippen molar-refractivity contribution in [1.29, 1.82) is 0 Å². The van der Waals surface area contributed by atoms with E-state index in [2.05, 4.69) is 4.99 Å². The van der Waals surface area contributed by atoms with Gasteiger partial charge in [-0.1, -0.05) is 36.2 Å². The van der Waals surface area contributed by atoms with Gasteiger partial charge in [0.1, 0.15) is 0 Å². The molecule has 2 aliphatic carbocycles. The zero-order valence-electron chi connectivity index (χ0n) is 15.6. The van der Waals surface area contributed by atoms with Crippen LogP contribution in [0.1, 0.15) is 37.7 Å². The molecule has 0 N–H and O–H groups in total. The number of rotatable bonds is 6. The molecule has 0 spiro atoms. The molecule has 2 fully saturated rings. The second-order valence-electron chi connectivity index (χ2n) is 7.71. The highest BCUT2D eigenvalue weighted by molar-refractivity contribution is 7.07. The zero-order valence-corrected chi connectivity index (χ0v) is 17.1. The highest BCUT2D eigenvalue weighted by Crippen LogP contribution is 2.49. The van der Waals surface area contributed by atoms with E-state index in [0.29, 0.717) is 34.6 Å². The number of ether oxygens (including phenoxy) is 1. The van der Waals surface area contributed by atoms with Gasteiger partial charge in [0.15, 0.2) is 11.4 Å². The van der Waals surface area contributed by atoms with Crippen LogP contribution in [-0.2, 0) is 20.9 Å². The van der Waals surface area contributed by atoms with E-state index in [1.165, 1.54) is 30.6 Å². The Hall–Kier alpha value is -1.92. The van der Waals surface area contributed by atoms with Crippen LogP contribution in [0.4, 0.5) is 0 Å². The molecule has 0 radical (unpaired) electrons. The molecule has 3 atom stereocenters. The summed E-state index contributed by atoms with van der Waals surface area (Å²) in [5.41, 5.74) is 0.953. The van der Waals surface area contributed by atoms with Crippen LogP contribution in [0.2, 0.25) is 5.02 Å². The first-order valence-electron chi connectivity index (χ1n) is 9.69. The molecule has 2 bridgehead atoms. The summed E-state index contributed by atoms with van der Waals surface area (Å²) in [7, 11) is 0. The number of hydrogen-bond acceptors (Lipinski definition) is 4. The van der Waals surface area contributed by atoms with Crippen LogP contribution in [0.15, 0.2) is 40.8 Å². The molecule has 2 aromatic rings. The number of fused-ring (bicyclic) bond motifs is 2. The number of halogens is 1. The Balaban J connectivity index is 1.32. The van der Waals surface area contributed by atoms with Gasteiger partial charge in [-0.15, -0.1) is 11.3 Å². The molecule has 4 rings (SSSR count). The number of carbonyl (C=O) groups is 2. The van der Waals surface area contributed by atoms with Gasteiger partial charge in [-0.3, -0.25) is 9.59 Å². The van der Waals surface area contributed by atoms with Crippen molar-refractivity contribution < 1.29 is 14.3 Å². The summed E-state index contributed by atoms with van der Waals surface area (Å²) in [6, 6.07) is 7.58. The lowest BCUT2D eigenvalue weighted by molar-refractivity contribution is -0.149. The fourth-order valence-corrected chi connectivity index (χ4v) is 5.44. The molecular weight excluding hydrogens is 396 g/mol. The van der Waals surface area contributed by atoms with E-state index in [1.807, 2.05) is 40.4 Å². The minimum atomic E-state index is -0.448. The van der Waals surface area contributed by atoms with Crippen LogP contribution >= 0.6 is 22.9 Å². The molecule has 1 aromatic heterocycles. The lowest BCUT2D eigenvalue weighted by Gasteiger charge is -2.20. The van der Waals surface area contributed by atoms with Gasteiger partial charge in [-0.05, 0) is 48.6 Å². The Bertz CT molecular complexity index is 935. The van der Waals surface area contributed by atoms with E-state index in [4.69, 9.17) is 16.3 Å². The maximum absolute atomic E-state index is 12.2. The highest BCUT2D eigenvalue weighted by Gasteiger charge is 2.40. The molecule has 5 nitrogen and oxygen atoms in total. The number of esters is 1. The van der Waals surface area contributed by atoms with Crippen molar-refractivity contribution >= 4 is 34.8 Å². The maximum Gasteiger partial charge on any atom is 0.306 e. The van der Waals surface area contributed by atoms with Gasteiger partial charge in [0, 0.05) is 23.0 Å². The minimum absolute atomic E-state index is 0.281. The molecule has 1 amide bonds. The van der Waals surface area contributed by atoms with E-state index >= 15 is 0 Å². The highest BCUT2D eigenvalue weighted by atomic mass is 35.5. The molecule has 2 aliphatic rings. The SMILES string of the molecule is O=C(COC(=O)C[C@@H]1C[C@H]2CC[C@@H]1C2)N=c1sccn1Cc1ccccc1Cl. The standard InChI is InChI=1S/C21H23ClN2O3S/c22-18-4-2-1-3-16(18)12-24-7-8-28-21(24)23-19(25)13-27-20(26)11-17-10-14-5-6-15(17)9-14/h1-4,7-8,14-15,17H,5-6,9-13H2/t14-,15+,17-/m0/s1. The van der Waals surface area contributed by atoms with Gasteiger partial charge in [-0.25, -0.2) is 0 Å². The van der Waals surface area contributed by atoms with Gasteiger partial charge in [0.25, 0.3) is 5.91 Å². The fraction of sp³-hybridized carbons (Fsp3) is 0.476. The number of benzene rings is 1. The van der Waals surface area contributed by atoms with Crippen molar-refractivity contribution in [3.8, 4) is 0 Å². The Morgan fingerprint density at radius 3 is 2.86 bits per heavy atom. The summed E-state index contributed by atoms with van der Waals surface area (Å²) >= 11 is 7.58. The smallest absolute Gasteiger partial charge is 0.306 e. The molecule has 7 heteroatoms. The average molecular weight is 419 g/mol. The molecule has 1 aromatic carbocycles. The van der Waals surface area contributed by atoms with Crippen LogP contribution in [0, 0.1) is 17.8 Å². The molecule has 0 aliphatic heterocycles. The van der Waals surface area contributed by atoms with Crippen LogP contribution in [0.3, 0.4) is 0 Å². The van der Waals surface area contributed by atoms with E-state index in [0.717, 1.165) is 17.9 Å². The summed E-state index contributed by atoms with van der Waals surface area (Å²) in [6.07, 6.45) is 7.23. The van der Waals surface area contributed by atoms with Crippen LogP contribution in [0.25, 0.3) is 0 Å². The van der Waals surface area contributed by atoms with Gasteiger partial charge in [0.2, 0.25) is 0 Å². The summed E-state index contributed by atoms with van der Waals surface area (Å²) in [5.74, 6) is 1.18. The summed E-state index contributed by atoms with van der Waals surface area (Å²) in [6.45, 7) is 0.225. The Morgan fingerprint density at radius 1 is 1.25 bits per heavy atom. The Labute approximate surface area is 173 Å². The largest absolute Gasteiger partial charge is 0.455 e. The molecule has 1 heterocycles. The predicted octanol–water partition coefficient (Wildman–Crippen LogP) is 4.05. The average Bonchev–Trinajstić information content (AvgIpc) is 3.40. The lowest BCUT2D eigenvalue weighted by Crippen LogP contribution is -2.21. The lowest BCUT2D eigenvalue weighted by atomic mass is 9.86. The minimum Gasteiger partial charge on any atom is -0.455 e. The number of carbonyl (C=O) groups excluding carboxylic acids is 2. The quantitative estimate of drug-likeness (QED) is 0.665. The number of thiazole rings is 1. The van der Waals surface area contributed by atoms with Gasteiger partial charge in [-0.2, -0.15) is 4.99 Å². The third-order valence-corrected chi connectivity index (χ3v) is 7.01. The summed E-state index contributed by atoms with van der Waals surface area (Å²) < 4.78 is 7.05. The molecule has 0 unspecified atom stereocenters. The van der Waals surface area contributed by atoms with E-state index in [1.54, 1.807) is 0 Å². The van der Waals surface area contributed by atoms with Gasteiger partial charge in [0.05, 0.1) is 6.54 Å². The molecular formula is C21H23ClN2O3S. The molecule has 28 heavy (non-hydrogen) atoms. The molecule has 2 saturated carbocycles. The van der Waals surface area contributed by atoms with Crippen molar-refractivity contribution in [2.75, 3.05) is 6.61 Å².